The molecule has 0 aliphatic rings. The van der Waals surface area contributed by atoms with Crippen molar-refractivity contribution in [2.75, 3.05) is 0 Å². The average molecular weight is 304 g/mol. The number of rotatable bonds is 4. The number of amides is 1. The molecule has 0 aliphatic heterocycles. The average Bonchev–Trinajstić information content (AvgIpc) is 2.54. The monoisotopic (exact) mass is 304 g/mol. The number of para-hydroxylation sites is 1. The van der Waals surface area contributed by atoms with Crippen molar-refractivity contribution in [2.45, 2.75) is 26.3 Å². The molecule has 1 N–H and O–H groups in total. The van der Waals surface area contributed by atoms with E-state index in [9.17, 15) is 4.79 Å². The van der Waals surface area contributed by atoms with Crippen LogP contribution in [-0.2, 0) is 11.2 Å². The van der Waals surface area contributed by atoms with E-state index in [0.29, 0.717) is 6.42 Å². The molecule has 0 spiro atoms. The lowest BCUT2D eigenvalue weighted by molar-refractivity contribution is -0.119. The number of aryl methyl sites for hydroxylation is 1. The van der Waals surface area contributed by atoms with Crippen LogP contribution in [0.4, 0.5) is 0 Å². The normalized spacial score (nSPS) is 12.1. The number of nitrogens with zero attached hydrogens (tertiary/aromatic N) is 1. The van der Waals surface area contributed by atoms with Crippen LogP contribution in [0, 0.1) is 6.92 Å². The van der Waals surface area contributed by atoms with Gasteiger partial charge in [0.15, 0.2) is 0 Å². The molecule has 116 valence electrons. The van der Waals surface area contributed by atoms with Gasteiger partial charge in [0.1, 0.15) is 0 Å². The maximum Gasteiger partial charge on any atom is 0.217 e. The molecular formula is C20H20N2O. The zero-order valence-corrected chi connectivity index (χ0v) is 13.4. The van der Waals surface area contributed by atoms with Gasteiger partial charge in [-0.1, -0.05) is 48.5 Å². The number of fused-ring (bicyclic) bond motifs is 1. The van der Waals surface area contributed by atoms with Crippen molar-refractivity contribution >= 4 is 16.8 Å². The van der Waals surface area contributed by atoms with Crippen molar-refractivity contribution in [1.82, 2.24) is 10.3 Å². The number of carbonyl (C=O) groups is 1. The number of hydrogen-bond donors (Lipinski definition) is 1. The highest BCUT2D eigenvalue weighted by molar-refractivity contribution is 5.78. The predicted molar refractivity (Wildman–Crippen MR) is 93.2 cm³/mol. The number of aromatic nitrogens is 1. The molecule has 0 unspecified atom stereocenters. The zero-order chi connectivity index (χ0) is 16.2. The Morgan fingerprint density at radius 3 is 2.57 bits per heavy atom. The summed E-state index contributed by atoms with van der Waals surface area (Å²) >= 11 is 0. The Morgan fingerprint density at radius 2 is 1.78 bits per heavy atom. The number of nitrogens with one attached hydrogen (secondary N) is 1. The van der Waals surface area contributed by atoms with Crippen LogP contribution in [0.25, 0.3) is 10.9 Å². The highest BCUT2D eigenvalue weighted by Gasteiger charge is 2.16. The summed E-state index contributed by atoms with van der Waals surface area (Å²) in [6, 6.07) is 20.3. The Morgan fingerprint density at radius 1 is 1.04 bits per heavy atom. The van der Waals surface area contributed by atoms with Crippen molar-refractivity contribution < 1.29 is 4.79 Å². The van der Waals surface area contributed by atoms with Crippen LogP contribution in [-0.4, -0.2) is 10.9 Å². The summed E-state index contributed by atoms with van der Waals surface area (Å²) < 4.78 is 0. The summed E-state index contributed by atoms with van der Waals surface area (Å²) in [7, 11) is 0. The molecule has 0 fully saturated rings. The van der Waals surface area contributed by atoms with Gasteiger partial charge in [-0.3, -0.25) is 9.78 Å². The Bertz CT molecular complexity index is 842. The zero-order valence-electron chi connectivity index (χ0n) is 13.4. The fourth-order valence-corrected chi connectivity index (χ4v) is 2.89. The summed E-state index contributed by atoms with van der Waals surface area (Å²) in [5.41, 5.74) is 4.27. The van der Waals surface area contributed by atoms with Gasteiger partial charge in [0, 0.05) is 24.4 Å². The van der Waals surface area contributed by atoms with Crippen molar-refractivity contribution in [3.05, 3.63) is 77.5 Å². The Kier molecular flexibility index (Phi) is 4.38. The van der Waals surface area contributed by atoms with E-state index in [4.69, 9.17) is 4.98 Å². The molecule has 0 saturated carbocycles. The summed E-state index contributed by atoms with van der Waals surface area (Å²) in [4.78, 5) is 16.3. The van der Waals surface area contributed by atoms with Crippen LogP contribution in [0.3, 0.4) is 0 Å². The molecule has 1 heterocycles. The van der Waals surface area contributed by atoms with Crippen molar-refractivity contribution in [1.29, 1.82) is 0 Å². The summed E-state index contributed by atoms with van der Waals surface area (Å²) in [6.07, 6.45) is 0.676. The molecule has 0 saturated heterocycles. The van der Waals surface area contributed by atoms with Crippen molar-refractivity contribution in [2.24, 2.45) is 0 Å². The van der Waals surface area contributed by atoms with Crippen LogP contribution in [0.2, 0.25) is 0 Å². The molecule has 1 amide bonds. The van der Waals surface area contributed by atoms with E-state index in [0.717, 1.165) is 22.2 Å². The van der Waals surface area contributed by atoms with E-state index >= 15 is 0 Å². The third-order valence-corrected chi connectivity index (χ3v) is 4.01. The van der Waals surface area contributed by atoms with E-state index in [-0.39, 0.29) is 11.9 Å². The van der Waals surface area contributed by atoms with Gasteiger partial charge in [0.2, 0.25) is 5.91 Å². The molecule has 3 heteroatoms. The third kappa shape index (κ3) is 3.57. The fourth-order valence-electron chi connectivity index (χ4n) is 2.89. The van der Waals surface area contributed by atoms with Gasteiger partial charge >= 0.3 is 0 Å². The molecule has 0 bridgehead atoms. The molecule has 1 aromatic heterocycles. The van der Waals surface area contributed by atoms with Gasteiger partial charge in [-0.05, 0) is 30.2 Å². The van der Waals surface area contributed by atoms with Crippen LogP contribution >= 0.6 is 0 Å². The smallest absolute Gasteiger partial charge is 0.217 e. The predicted octanol–water partition coefficient (Wildman–Crippen LogP) is 3.96. The van der Waals surface area contributed by atoms with Crippen LogP contribution in [0.15, 0.2) is 60.7 Å². The minimum atomic E-state index is -0.0673. The van der Waals surface area contributed by atoms with Gasteiger partial charge in [-0.25, -0.2) is 0 Å². The molecule has 3 rings (SSSR count). The summed E-state index contributed by atoms with van der Waals surface area (Å²) in [6.45, 7) is 3.62. The minimum Gasteiger partial charge on any atom is -0.349 e. The van der Waals surface area contributed by atoms with E-state index in [1.165, 1.54) is 5.56 Å². The van der Waals surface area contributed by atoms with E-state index in [1.54, 1.807) is 6.92 Å². The molecule has 0 radical (unpaired) electrons. The summed E-state index contributed by atoms with van der Waals surface area (Å²) in [5, 5.41) is 4.18. The first-order valence-electron chi connectivity index (χ1n) is 7.81. The highest BCUT2D eigenvalue weighted by atomic mass is 16.1. The van der Waals surface area contributed by atoms with Crippen molar-refractivity contribution in [3.8, 4) is 0 Å². The van der Waals surface area contributed by atoms with Crippen LogP contribution < -0.4 is 5.32 Å². The summed E-state index contributed by atoms with van der Waals surface area (Å²) in [5.74, 6) is -0.0287. The van der Waals surface area contributed by atoms with Gasteiger partial charge < -0.3 is 5.32 Å². The lowest BCUT2D eigenvalue weighted by Gasteiger charge is -2.20. The number of benzene rings is 2. The van der Waals surface area contributed by atoms with E-state index in [2.05, 4.69) is 36.5 Å². The second kappa shape index (κ2) is 6.61. The Balaban J connectivity index is 1.93. The first kappa shape index (κ1) is 15.2. The quantitative estimate of drug-likeness (QED) is 0.792. The van der Waals surface area contributed by atoms with Gasteiger partial charge in [0.05, 0.1) is 11.6 Å². The molecule has 1 atom stereocenters. The van der Waals surface area contributed by atoms with Gasteiger partial charge in [-0.15, -0.1) is 0 Å². The van der Waals surface area contributed by atoms with E-state index in [1.807, 2.05) is 36.4 Å². The van der Waals surface area contributed by atoms with Gasteiger partial charge in [-0.2, -0.15) is 0 Å². The molecule has 3 nitrogen and oxygen atoms in total. The van der Waals surface area contributed by atoms with Crippen molar-refractivity contribution in [3.63, 3.8) is 0 Å². The third-order valence-electron chi connectivity index (χ3n) is 4.01. The second-order valence-corrected chi connectivity index (χ2v) is 5.81. The largest absolute Gasteiger partial charge is 0.349 e. The maximum atomic E-state index is 11.6. The van der Waals surface area contributed by atoms with Crippen LogP contribution in [0.1, 0.15) is 29.8 Å². The topological polar surface area (TPSA) is 42.0 Å². The first-order chi connectivity index (χ1) is 11.1. The highest BCUT2D eigenvalue weighted by Crippen LogP contribution is 2.22. The van der Waals surface area contributed by atoms with E-state index < -0.39 is 0 Å². The standard InChI is InChI=1S/C20H20N2O/c1-14-7-3-5-9-18(14)20(21-15(2)23)13-17-12-11-16-8-4-6-10-19(16)22-17/h3-12,20H,13H2,1-2H3,(H,21,23)/t20-/m1/s1. The fraction of sp³-hybridized carbons (Fsp3) is 0.200. The molecule has 3 aromatic rings. The SMILES string of the molecule is CC(=O)N[C@H](Cc1ccc2ccccc2n1)c1ccccc1C. The number of carbonyl (C=O) groups excluding carboxylic acids is 1. The number of pyridine rings is 1. The number of hydrogen-bond acceptors (Lipinski definition) is 2. The molecule has 0 aliphatic carbocycles. The first-order valence-corrected chi connectivity index (χ1v) is 7.81. The maximum absolute atomic E-state index is 11.6. The molecule has 23 heavy (non-hydrogen) atoms. The Hall–Kier alpha value is -2.68. The molecular weight excluding hydrogens is 284 g/mol. The lowest BCUT2D eigenvalue weighted by Crippen LogP contribution is -2.28. The Labute approximate surface area is 136 Å². The molecule has 2 aromatic carbocycles. The van der Waals surface area contributed by atoms with Crippen LogP contribution in [0.5, 0.6) is 0 Å². The lowest BCUT2D eigenvalue weighted by atomic mass is 9.97. The van der Waals surface area contributed by atoms with Gasteiger partial charge in [0.25, 0.3) is 0 Å². The second-order valence-electron chi connectivity index (χ2n) is 5.81. The minimum absolute atomic E-state index is 0.0287.